The van der Waals surface area contributed by atoms with Gasteiger partial charge in [0, 0.05) is 6.04 Å². The van der Waals surface area contributed by atoms with Crippen LogP contribution in [0, 0.1) is 5.92 Å². The molecular formula is C14H16F3NO4. The van der Waals surface area contributed by atoms with E-state index in [1.165, 1.54) is 13.8 Å². The fraction of sp³-hybridized carbons (Fsp3) is 0.429. The van der Waals surface area contributed by atoms with Crippen molar-refractivity contribution in [1.29, 1.82) is 0 Å². The summed E-state index contributed by atoms with van der Waals surface area (Å²) in [6, 6.07) is 3.32. The van der Waals surface area contributed by atoms with Gasteiger partial charge in [-0.1, -0.05) is 0 Å². The van der Waals surface area contributed by atoms with E-state index < -0.39 is 42.2 Å². The molecule has 2 N–H and O–H groups in total. The number of carboxylic acid groups (broad SMARTS) is 1. The van der Waals surface area contributed by atoms with Gasteiger partial charge in [-0.15, -0.1) is 0 Å². The average molecular weight is 319 g/mol. The van der Waals surface area contributed by atoms with Crippen LogP contribution >= 0.6 is 0 Å². The topological polar surface area (TPSA) is 75.6 Å². The second kappa shape index (κ2) is 7.15. The lowest BCUT2D eigenvalue weighted by atomic mass is 10.0. The molecule has 0 saturated carbocycles. The molecule has 0 radical (unpaired) electrons. The highest BCUT2D eigenvalue weighted by Gasteiger charge is 2.30. The van der Waals surface area contributed by atoms with E-state index >= 15 is 0 Å². The summed E-state index contributed by atoms with van der Waals surface area (Å²) in [6.45, 7) is 2.57. The number of carbonyl (C=O) groups is 2. The van der Waals surface area contributed by atoms with Gasteiger partial charge in [-0.05, 0) is 38.1 Å². The van der Waals surface area contributed by atoms with Crippen LogP contribution in [0.3, 0.4) is 0 Å². The second-order valence-electron chi connectivity index (χ2n) is 4.79. The Bertz CT molecular complexity index is 528. The van der Waals surface area contributed by atoms with E-state index in [0.717, 1.165) is 24.3 Å². The quantitative estimate of drug-likeness (QED) is 0.844. The van der Waals surface area contributed by atoms with Crippen molar-refractivity contribution < 1.29 is 32.6 Å². The molecule has 1 aromatic rings. The van der Waals surface area contributed by atoms with Gasteiger partial charge in [0.1, 0.15) is 5.75 Å². The molecular weight excluding hydrogens is 303 g/mol. The molecule has 122 valence electrons. The molecule has 1 amide bonds. The highest BCUT2D eigenvalue weighted by atomic mass is 19.4. The molecule has 0 aliphatic rings. The number of nitrogens with one attached hydrogen (secondary N) is 1. The monoisotopic (exact) mass is 319 g/mol. The minimum Gasteiger partial charge on any atom is -0.484 e. The molecule has 0 spiro atoms. The largest absolute Gasteiger partial charge is 0.484 e. The summed E-state index contributed by atoms with van der Waals surface area (Å²) in [4.78, 5) is 22.3. The molecule has 0 fully saturated rings. The third-order valence-electron chi connectivity index (χ3n) is 3.08. The van der Waals surface area contributed by atoms with Gasteiger partial charge >= 0.3 is 12.1 Å². The zero-order valence-corrected chi connectivity index (χ0v) is 12.0. The number of carbonyl (C=O) groups excluding carboxylic acids is 1. The van der Waals surface area contributed by atoms with E-state index in [1.807, 2.05) is 0 Å². The predicted octanol–water partition coefficient (Wildman–Crippen LogP) is 2.31. The number of aliphatic carboxylic acids is 1. The fourth-order valence-corrected chi connectivity index (χ4v) is 1.52. The molecule has 1 aromatic carbocycles. The zero-order valence-electron chi connectivity index (χ0n) is 12.0. The molecule has 2 atom stereocenters. The van der Waals surface area contributed by atoms with Gasteiger partial charge in [0.2, 0.25) is 0 Å². The highest BCUT2D eigenvalue weighted by molar-refractivity contribution is 5.79. The second-order valence-corrected chi connectivity index (χ2v) is 4.79. The maximum Gasteiger partial charge on any atom is 0.416 e. The minimum atomic E-state index is -4.43. The summed E-state index contributed by atoms with van der Waals surface area (Å²) in [5, 5.41) is 11.2. The summed E-state index contributed by atoms with van der Waals surface area (Å²) in [7, 11) is 0. The highest BCUT2D eigenvalue weighted by Crippen LogP contribution is 2.30. The van der Waals surface area contributed by atoms with Crippen molar-refractivity contribution in [2.24, 2.45) is 5.92 Å². The van der Waals surface area contributed by atoms with Crippen LogP contribution in [0.25, 0.3) is 0 Å². The van der Waals surface area contributed by atoms with E-state index in [4.69, 9.17) is 9.84 Å². The number of halogens is 3. The van der Waals surface area contributed by atoms with Crippen molar-refractivity contribution in [2.45, 2.75) is 26.1 Å². The van der Waals surface area contributed by atoms with Gasteiger partial charge in [0.25, 0.3) is 5.91 Å². The first-order valence-electron chi connectivity index (χ1n) is 6.43. The Hall–Kier alpha value is -2.25. The van der Waals surface area contributed by atoms with Crippen molar-refractivity contribution >= 4 is 11.9 Å². The lowest BCUT2D eigenvalue weighted by molar-refractivity contribution is -0.142. The zero-order chi connectivity index (χ0) is 16.9. The van der Waals surface area contributed by atoms with Crippen molar-refractivity contribution in [3.8, 4) is 5.75 Å². The summed E-state index contributed by atoms with van der Waals surface area (Å²) in [5.41, 5.74) is -0.812. The number of ether oxygens (including phenoxy) is 1. The average Bonchev–Trinajstić information content (AvgIpc) is 2.43. The standard InChI is InChI=1S/C14H16F3NO4/c1-8(13(20)21)9(2)18-12(19)7-22-11-5-3-10(4-6-11)14(15,16)17/h3-6,8-9H,7H2,1-2H3,(H,18,19)(H,20,21). The van der Waals surface area contributed by atoms with Crippen LogP contribution in [0.1, 0.15) is 19.4 Å². The molecule has 0 aliphatic carbocycles. The van der Waals surface area contributed by atoms with Crippen LogP contribution in [-0.4, -0.2) is 29.6 Å². The minimum absolute atomic E-state index is 0.113. The molecule has 0 bridgehead atoms. The number of hydrogen-bond donors (Lipinski definition) is 2. The van der Waals surface area contributed by atoms with Gasteiger partial charge in [-0.3, -0.25) is 9.59 Å². The fourth-order valence-electron chi connectivity index (χ4n) is 1.52. The summed E-state index contributed by atoms with van der Waals surface area (Å²) < 4.78 is 42.1. The SMILES string of the molecule is CC(NC(=O)COc1ccc(C(F)(F)F)cc1)C(C)C(=O)O. The van der Waals surface area contributed by atoms with E-state index in [2.05, 4.69) is 5.32 Å². The van der Waals surface area contributed by atoms with E-state index in [-0.39, 0.29) is 5.75 Å². The number of amides is 1. The van der Waals surface area contributed by atoms with Gasteiger partial charge in [-0.2, -0.15) is 13.2 Å². The molecule has 0 heterocycles. The first-order chi connectivity index (χ1) is 10.1. The van der Waals surface area contributed by atoms with Gasteiger partial charge in [-0.25, -0.2) is 0 Å². The Morgan fingerprint density at radius 1 is 1.23 bits per heavy atom. The van der Waals surface area contributed by atoms with Gasteiger partial charge in [0.15, 0.2) is 6.61 Å². The molecule has 2 unspecified atom stereocenters. The van der Waals surface area contributed by atoms with E-state index in [0.29, 0.717) is 0 Å². The summed E-state index contributed by atoms with van der Waals surface area (Å²) in [5.74, 6) is -2.26. The van der Waals surface area contributed by atoms with Crippen molar-refractivity contribution in [2.75, 3.05) is 6.61 Å². The van der Waals surface area contributed by atoms with Crippen LogP contribution in [0.2, 0.25) is 0 Å². The van der Waals surface area contributed by atoms with Crippen molar-refractivity contribution in [3.63, 3.8) is 0 Å². The Morgan fingerprint density at radius 2 is 1.77 bits per heavy atom. The number of benzene rings is 1. The molecule has 0 aromatic heterocycles. The molecule has 1 rings (SSSR count). The van der Waals surface area contributed by atoms with Gasteiger partial charge in [0.05, 0.1) is 11.5 Å². The molecule has 22 heavy (non-hydrogen) atoms. The van der Waals surface area contributed by atoms with Crippen LogP contribution in [0.4, 0.5) is 13.2 Å². The number of alkyl halides is 3. The Balaban J connectivity index is 2.49. The Kier molecular flexibility index (Phi) is 5.78. The first kappa shape index (κ1) is 17.8. The Morgan fingerprint density at radius 3 is 2.23 bits per heavy atom. The Labute approximate surface area is 125 Å². The normalized spacial score (nSPS) is 14.0. The van der Waals surface area contributed by atoms with Gasteiger partial charge < -0.3 is 15.2 Å². The predicted molar refractivity (Wildman–Crippen MR) is 71.3 cm³/mol. The van der Waals surface area contributed by atoms with Crippen LogP contribution in [-0.2, 0) is 15.8 Å². The number of rotatable bonds is 6. The molecule has 8 heteroatoms. The van der Waals surface area contributed by atoms with E-state index in [9.17, 15) is 22.8 Å². The molecule has 0 saturated heterocycles. The smallest absolute Gasteiger partial charge is 0.416 e. The molecule has 5 nitrogen and oxygen atoms in total. The lowest BCUT2D eigenvalue weighted by Crippen LogP contribution is -2.42. The maximum atomic E-state index is 12.4. The third kappa shape index (κ3) is 5.27. The lowest BCUT2D eigenvalue weighted by Gasteiger charge is -2.17. The maximum absolute atomic E-state index is 12.4. The van der Waals surface area contributed by atoms with Crippen molar-refractivity contribution in [1.82, 2.24) is 5.32 Å². The number of carboxylic acids is 1. The van der Waals surface area contributed by atoms with Crippen molar-refractivity contribution in [3.05, 3.63) is 29.8 Å². The van der Waals surface area contributed by atoms with Crippen LogP contribution < -0.4 is 10.1 Å². The summed E-state index contributed by atoms with van der Waals surface area (Å²) in [6.07, 6.45) is -4.43. The first-order valence-corrected chi connectivity index (χ1v) is 6.43. The summed E-state index contributed by atoms with van der Waals surface area (Å²) >= 11 is 0. The van der Waals surface area contributed by atoms with E-state index in [1.54, 1.807) is 0 Å². The van der Waals surface area contributed by atoms with Crippen LogP contribution in [0.15, 0.2) is 24.3 Å². The third-order valence-corrected chi connectivity index (χ3v) is 3.08. The van der Waals surface area contributed by atoms with Crippen LogP contribution in [0.5, 0.6) is 5.75 Å². The number of hydrogen-bond acceptors (Lipinski definition) is 3. The molecule has 0 aliphatic heterocycles.